The normalized spacial score (nSPS) is 22.9. The van der Waals surface area contributed by atoms with Crippen molar-refractivity contribution in [3.63, 3.8) is 0 Å². The number of rotatable bonds is 2. The minimum atomic E-state index is -0.500. The molecule has 2 aliphatic rings. The molecule has 1 spiro atoms. The lowest BCUT2D eigenvalue weighted by molar-refractivity contribution is -0.144. The first-order chi connectivity index (χ1) is 13.1. The summed E-state index contributed by atoms with van der Waals surface area (Å²) in [5.41, 5.74) is 2.10. The van der Waals surface area contributed by atoms with Crippen LogP contribution in [0.3, 0.4) is 0 Å². The molecule has 1 unspecified atom stereocenters. The minimum Gasteiger partial charge on any atom is -0.361 e. The molecule has 4 rings (SSSR count). The van der Waals surface area contributed by atoms with Gasteiger partial charge in [0.2, 0.25) is 0 Å². The van der Waals surface area contributed by atoms with Crippen LogP contribution in [0.15, 0.2) is 54.6 Å². The van der Waals surface area contributed by atoms with Crippen LogP contribution in [0.2, 0.25) is 0 Å². The second kappa shape index (κ2) is 7.16. The largest absolute Gasteiger partial charge is 0.361 e. The molecule has 0 saturated carbocycles. The van der Waals surface area contributed by atoms with Gasteiger partial charge in [-0.3, -0.25) is 9.59 Å². The number of ether oxygens (including phenoxy) is 1. The molecule has 140 valence electrons. The molecule has 0 aliphatic carbocycles. The van der Waals surface area contributed by atoms with Crippen molar-refractivity contribution in [1.82, 2.24) is 4.90 Å². The van der Waals surface area contributed by atoms with Crippen molar-refractivity contribution in [2.45, 2.75) is 25.4 Å². The number of nitrogens with zero attached hydrogens (tertiary/aromatic N) is 2. The summed E-state index contributed by atoms with van der Waals surface area (Å²) >= 11 is 0. The van der Waals surface area contributed by atoms with E-state index in [4.69, 9.17) is 4.74 Å². The first-order valence-electron chi connectivity index (χ1n) is 9.42. The third-order valence-corrected chi connectivity index (χ3v) is 5.52. The van der Waals surface area contributed by atoms with Crippen molar-refractivity contribution in [2.75, 3.05) is 31.1 Å². The molecular formula is C22H24N2O3. The van der Waals surface area contributed by atoms with Crippen molar-refractivity contribution >= 4 is 17.5 Å². The fourth-order valence-electron chi connectivity index (χ4n) is 4.06. The predicted molar refractivity (Wildman–Crippen MR) is 104 cm³/mol. The molecule has 2 heterocycles. The average Bonchev–Trinajstić information content (AvgIpc) is 2.71. The second-order valence-electron chi connectivity index (χ2n) is 7.43. The fraction of sp³-hybridized carbons (Fsp3) is 0.364. The number of carbonyl (C=O) groups is 2. The van der Waals surface area contributed by atoms with Gasteiger partial charge in [-0.05, 0) is 43.5 Å². The summed E-state index contributed by atoms with van der Waals surface area (Å²) in [5.74, 6) is 0.00751. The Bertz CT molecular complexity index is 852. The molecule has 2 aromatic carbocycles. The molecule has 2 saturated heterocycles. The Hall–Kier alpha value is -2.66. The predicted octanol–water partition coefficient (Wildman–Crippen LogP) is 3.03. The number of carbonyl (C=O) groups excluding carboxylic acids is 2. The SMILES string of the molecule is Cc1ccccc1C(=O)N1CCCC2(C1)CN(c1ccccc1)C(=O)CO2. The third-order valence-electron chi connectivity index (χ3n) is 5.52. The lowest BCUT2D eigenvalue weighted by Gasteiger charge is -2.47. The number of anilines is 1. The zero-order valence-electron chi connectivity index (χ0n) is 15.6. The second-order valence-corrected chi connectivity index (χ2v) is 7.43. The standard InChI is InChI=1S/C22H24N2O3/c1-17-8-5-6-11-19(17)21(26)23-13-7-12-22(15-23)16-24(20(25)14-27-22)18-9-3-2-4-10-18/h2-6,8-11H,7,12-16H2,1H3. The molecular weight excluding hydrogens is 340 g/mol. The van der Waals surface area contributed by atoms with Gasteiger partial charge in [-0.2, -0.15) is 0 Å². The fourth-order valence-corrected chi connectivity index (χ4v) is 4.06. The maximum Gasteiger partial charge on any atom is 0.254 e. The Morgan fingerprint density at radius 2 is 1.78 bits per heavy atom. The lowest BCUT2D eigenvalue weighted by Crippen LogP contribution is -2.62. The van der Waals surface area contributed by atoms with Crippen molar-refractivity contribution in [2.24, 2.45) is 0 Å². The van der Waals surface area contributed by atoms with E-state index in [-0.39, 0.29) is 18.4 Å². The lowest BCUT2D eigenvalue weighted by atomic mass is 9.89. The highest BCUT2D eigenvalue weighted by Crippen LogP contribution is 2.32. The van der Waals surface area contributed by atoms with Gasteiger partial charge in [0.25, 0.3) is 11.8 Å². The van der Waals surface area contributed by atoms with Crippen LogP contribution < -0.4 is 4.90 Å². The van der Waals surface area contributed by atoms with Gasteiger partial charge in [0.05, 0.1) is 13.1 Å². The van der Waals surface area contributed by atoms with E-state index >= 15 is 0 Å². The van der Waals surface area contributed by atoms with Crippen LogP contribution in [0.5, 0.6) is 0 Å². The number of hydrogen-bond donors (Lipinski definition) is 0. The Balaban J connectivity index is 1.56. The summed E-state index contributed by atoms with van der Waals surface area (Å²) < 4.78 is 6.03. The number of amides is 2. The summed E-state index contributed by atoms with van der Waals surface area (Å²) in [4.78, 5) is 29.2. The van der Waals surface area contributed by atoms with Crippen molar-refractivity contribution in [1.29, 1.82) is 0 Å². The highest BCUT2D eigenvalue weighted by molar-refractivity contribution is 5.96. The molecule has 0 N–H and O–H groups in total. The number of hydrogen-bond acceptors (Lipinski definition) is 3. The Labute approximate surface area is 159 Å². The molecule has 0 aromatic heterocycles. The topological polar surface area (TPSA) is 49.9 Å². The smallest absolute Gasteiger partial charge is 0.254 e. The molecule has 2 aromatic rings. The third kappa shape index (κ3) is 3.47. The number of piperidine rings is 1. The van der Waals surface area contributed by atoms with Crippen molar-refractivity contribution < 1.29 is 14.3 Å². The monoisotopic (exact) mass is 364 g/mol. The van der Waals surface area contributed by atoms with Crippen LogP contribution in [0, 0.1) is 6.92 Å². The number of likely N-dealkylation sites (tertiary alicyclic amines) is 1. The minimum absolute atomic E-state index is 0.0332. The molecule has 5 nitrogen and oxygen atoms in total. The Kier molecular flexibility index (Phi) is 4.70. The van der Waals surface area contributed by atoms with Gasteiger partial charge in [-0.25, -0.2) is 0 Å². The van der Waals surface area contributed by atoms with E-state index in [1.54, 1.807) is 4.90 Å². The molecule has 0 radical (unpaired) electrons. The van der Waals surface area contributed by atoms with Crippen molar-refractivity contribution in [3.8, 4) is 0 Å². The summed E-state index contributed by atoms with van der Waals surface area (Å²) in [6.45, 7) is 3.73. The molecule has 0 bridgehead atoms. The highest BCUT2D eigenvalue weighted by atomic mass is 16.5. The van der Waals surface area contributed by atoms with Crippen LogP contribution in [0.4, 0.5) is 5.69 Å². The first kappa shape index (κ1) is 17.7. The van der Waals surface area contributed by atoms with Crippen LogP contribution >= 0.6 is 0 Å². The van der Waals surface area contributed by atoms with Crippen LogP contribution in [-0.4, -0.2) is 48.6 Å². The van der Waals surface area contributed by atoms with E-state index < -0.39 is 5.60 Å². The average molecular weight is 364 g/mol. The van der Waals surface area contributed by atoms with Gasteiger partial charge in [0.1, 0.15) is 12.2 Å². The summed E-state index contributed by atoms with van der Waals surface area (Å²) in [7, 11) is 0. The number of benzene rings is 2. The molecule has 2 fully saturated rings. The van der Waals surface area contributed by atoms with E-state index in [2.05, 4.69) is 0 Å². The highest BCUT2D eigenvalue weighted by Gasteiger charge is 2.44. The molecule has 2 amide bonds. The maximum absolute atomic E-state index is 13.1. The van der Waals surface area contributed by atoms with E-state index in [1.807, 2.05) is 66.4 Å². The molecule has 1 atom stereocenters. The van der Waals surface area contributed by atoms with Gasteiger partial charge in [-0.15, -0.1) is 0 Å². The zero-order valence-corrected chi connectivity index (χ0v) is 15.6. The van der Waals surface area contributed by atoms with Crippen LogP contribution in [-0.2, 0) is 9.53 Å². The van der Waals surface area contributed by atoms with E-state index in [1.165, 1.54) is 0 Å². The molecule has 2 aliphatic heterocycles. The molecule has 5 heteroatoms. The quantitative estimate of drug-likeness (QED) is 0.823. The van der Waals surface area contributed by atoms with Crippen LogP contribution in [0.1, 0.15) is 28.8 Å². The number of aryl methyl sites for hydroxylation is 1. The summed E-state index contributed by atoms with van der Waals surface area (Å²) in [5, 5.41) is 0. The Morgan fingerprint density at radius 3 is 2.56 bits per heavy atom. The van der Waals surface area contributed by atoms with Gasteiger partial charge in [0.15, 0.2) is 0 Å². The van der Waals surface area contributed by atoms with Gasteiger partial charge < -0.3 is 14.5 Å². The number of morpholine rings is 1. The van der Waals surface area contributed by atoms with Gasteiger partial charge in [0, 0.05) is 17.8 Å². The first-order valence-corrected chi connectivity index (χ1v) is 9.42. The van der Waals surface area contributed by atoms with Gasteiger partial charge >= 0.3 is 0 Å². The summed E-state index contributed by atoms with van der Waals surface area (Å²) in [6, 6.07) is 17.4. The van der Waals surface area contributed by atoms with Gasteiger partial charge in [-0.1, -0.05) is 36.4 Å². The van der Waals surface area contributed by atoms with Crippen LogP contribution in [0.25, 0.3) is 0 Å². The van der Waals surface area contributed by atoms with E-state index in [0.29, 0.717) is 13.1 Å². The van der Waals surface area contributed by atoms with Crippen molar-refractivity contribution in [3.05, 3.63) is 65.7 Å². The van der Waals surface area contributed by atoms with E-state index in [0.717, 1.165) is 36.2 Å². The zero-order chi connectivity index (χ0) is 18.9. The van der Waals surface area contributed by atoms with E-state index in [9.17, 15) is 9.59 Å². The summed E-state index contributed by atoms with van der Waals surface area (Å²) in [6.07, 6.45) is 1.72. The Morgan fingerprint density at radius 1 is 1.04 bits per heavy atom. The number of para-hydroxylation sites is 1. The maximum atomic E-state index is 13.1. The molecule has 27 heavy (non-hydrogen) atoms.